The Bertz CT molecular complexity index is 1600. The number of hydrogen-bond acceptors (Lipinski definition) is 9. The van der Waals surface area contributed by atoms with Crippen LogP contribution < -0.4 is 4.90 Å². The van der Waals surface area contributed by atoms with Gasteiger partial charge in [0.2, 0.25) is 0 Å². The van der Waals surface area contributed by atoms with E-state index >= 15 is 0 Å². The zero-order valence-electron chi connectivity index (χ0n) is 20.3. The molecule has 2 aromatic carbocycles. The van der Waals surface area contributed by atoms with E-state index in [0.29, 0.717) is 49.9 Å². The molecule has 1 aliphatic heterocycles. The lowest BCUT2D eigenvalue weighted by atomic mass is 10.0. The Morgan fingerprint density at radius 1 is 1.21 bits per heavy atom. The third kappa shape index (κ3) is 4.29. The standard InChI is InChI=1S/C27H22Cl2FN3O5S/c28-15-2-1-3-16(29)20(15)23-21(24(38-32-23)11-4-5-11)26(36)37-18-9-14-6-13(18)10-33(14)27-31-22-17(30)7-12(25(34)35)8-19(22)39-27/h1-3,7-8,11,13-14,18,25,34-35H,4-6,9-10H2/t13-,14-,18-/m0/s1. The molecule has 3 aliphatic rings. The summed E-state index contributed by atoms with van der Waals surface area (Å²) >= 11 is 14.2. The van der Waals surface area contributed by atoms with Gasteiger partial charge >= 0.3 is 5.97 Å². The van der Waals surface area contributed by atoms with Crippen molar-refractivity contribution in [3.05, 3.63) is 63.1 Å². The van der Waals surface area contributed by atoms with Crippen LogP contribution in [0.15, 0.2) is 34.9 Å². The Balaban J connectivity index is 1.12. The number of anilines is 1. The number of benzene rings is 2. The normalized spacial score (nSPS) is 22.4. The lowest BCUT2D eigenvalue weighted by molar-refractivity contribution is -0.0425. The van der Waals surface area contributed by atoms with Crippen molar-refractivity contribution in [2.45, 2.75) is 50.0 Å². The summed E-state index contributed by atoms with van der Waals surface area (Å²) in [4.78, 5) is 20.2. The van der Waals surface area contributed by atoms with Crippen molar-refractivity contribution in [1.29, 1.82) is 0 Å². The van der Waals surface area contributed by atoms with Crippen molar-refractivity contribution < 1.29 is 28.7 Å². The maximum Gasteiger partial charge on any atom is 0.344 e. The van der Waals surface area contributed by atoms with Crippen LogP contribution in [0.5, 0.6) is 0 Å². The molecule has 2 saturated carbocycles. The van der Waals surface area contributed by atoms with Crippen LogP contribution in [0.4, 0.5) is 9.52 Å². The second-order valence-electron chi connectivity index (χ2n) is 10.3. The van der Waals surface area contributed by atoms with Gasteiger partial charge in [0.1, 0.15) is 22.9 Å². The Morgan fingerprint density at radius 3 is 2.64 bits per heavy atom. The molecule has 0 spiro atoms. The van der Waals surface area contributed by atoms with Crippen LogP contribution in [0.3, 0.4) is 0 Å². The minimum atomic E-state index is -1.76. The largest absolute Gasteiger partial charge is 0.458 e. The first-order valence-corrected chi connectivity index (χ1v) is 14.2. The number of carbonyl (C=O) groups excluding carboxylic acids is 1. The van der Waals surface area contributed by atoms with Gasteiger partial charge in [-0.1, -0.05) is 45.8 Å². The number of esters is 1. The summed E-state index contributed by atoms with van der Waals surface area (Å²) in [6.07, 6.45) is 1.21. The van der Waals surface area contributed by atoms with Crippen LogP contribution in [0.1, 0.15) is 59.6 Å². The van der Waals surface area contributed by atoms with Crippen molar-refractivity contribution in [3.8, 4) is 11.3 Å². The first-order chi connectivity index (χ1) is 18.8. The molecule has 2 bridgehead atoms. The predicted octanol–water partition coefficient (Wildman–Crippen LogP) is 6.08. The molecule has 2 aromatic heterocycles. The Labute approximate surface area is 235 Å². The van der Waals surface area contributed by atoms with E-state index in [-0.39, 0.29) is 40.6 Å². The molecule has 3 heterocycles. The van der Waals surface area contributed by atoms with Gasteiger partial charge in [0, 0.05) is 42.0 Å². The number of carbonyl (C=O) groups is 1. The fraction of sp³-hybridized carbons (Fsp3) is 0.370. The highest BCUT2D eigenvalue weighted by Gasteiger charge is 2.48. The van der Waals surface area contributed by atoms with E-state index in [2.05, 4.69) is 15.0 Å². The highest BCUT2D eigenvalue weighted by molar-refractivity contribution is 7.22. The number of aliphatic hydroxyl groups is 2. The van der Waals surface area contributed by atoms with E-state index in [9.17, 15) is 19.4 Å². The zero-order valence-corrected chi connectivity index (χ0v) is 22.6. The molecule has 2 N–H and O–H groups in total. The van der Waals surface area contributed by atoms with E-state index in [1.807, 2.05) is 0 Å². The van der Waals surface area contributed by atoms with Gasteiger partial charge in [-0.15, -0.1) is 0 Å². The lowest BCUT2D eigenvalue weighted by Crippen LogP contribution is -2.39. The van der Waals surface area contributed by atoms with Crippen molar-refractivity contribution >= 4 is 55.9 Å². The van der Waals surface area contributed by atoms with Crippen molar-refractivity contribution in [3.63, 3.8) is 0 Å². The van der Waals surface area contributed by atoms with Crippen molar-refractivity contribution in [1.82, 2.24) is 10.1 Å². The maximum absolute atomic E-state index is 14.6. The third-order valence-electron chi connectivity index (χ3n) is 7.81. The molecular formula is C27H22Cl2FN3O5S. The molecule has 7 rings (SSSR count). The number of aromatic nitrogens is 2. The number of rotatable bonds is 6. The molecule has 3 atom stereocenters. The van der Waals surface area contributed by atoms with Crippen LogP contribution in [-0.4, -0.2) is 45.0 Å². The summed E-state index contributed by atoms with van der Waals surface area (Å²) in [5, 5.41) is 24.5. The van der Waals surface area contributed by atoms with Gasteiger partial charge in [0.25, 0.3) is 0 Å². The van der Waals surface area contributed by atoms with E-state index < -0.39 is 18.1 Å². The number of halogens is 3. The van der Waals surface area contributed by atoms with E-state index in [1.165, 1.54) is 11.3 Å². The molecule has 8 nitrogen and oxygen atoms in total. The molecule has 1 saturated heterocycles. The fourth-order valence-corrected chi connectivity index (χ4v) is 7.45. The van der Waals surface area contributed by atoms with Gasteiger partial charge in [0.05, 0.1) is 14.7 Å². The van der Waals surface area contributed by atoms with Crippen LogP contribution in [-0.2, 0) is 4.74 Å². The first kappa shape index (κ1) is 25.2. The number of nitrogens with zero attached hydrogens (tertiary/aromatic N) is 3. The number of thiazole rings is 1. The molecule has 12 heteroatoms. The molecule has 0 amide bonds. The second-order valence-corrected chi connectivity index (χ2v) is 12.2. The van der Waals surface area contributed by atoms with E-state index in [4.69, 9.17) is 32.5 Å². The summed E-state index contributed by atoms with van der Waals surface area (Å²) < 4.78 is 26.8. The van der Waals surface area contributed by atoms with Gasteiger partial charge in [-0.3, -0.25) is 0 Å². The first-order valence-electron chi connectivity index (χ1n) is 12.7. The smallest absolute Gasteiger partial charge is 0.344 e. The number of ether oxygens (including phenoxy) is 1. The predicted molar refractivity (Wildman–Crippen MR) is 144 cm³/mol. The summed E-state index contributed by atoms with van der Waals surface area (Å²) in [6.45, 7) is 0.613. The summed E-state index contributed by atoms with van der Waals surface area (Å²) in [7, 11) is 0. The zero-order chi connectivity index (χ0) is 27.0. The monoisotopic (exact) mass is 589 g/mol. The molecule has 4 aromatic rings. The molecule has 2 aliphatic carbocycles. The molecule has 3 fully saturated rings. The fourth-order valence-electron chi connectivity index (χ4n) is 5.77. The summed E-state index contributed by atoms with van der Waals surface area (Å²) in [5.74, 6) is -0.367. The van der Waals surface area contributed by atoms with Crippen molar-refractivity contribution in [2.24, 2.45) is 5.92 Å². The van der Waals surface area contributed by atoms with Crippen LogP contribution in [0, 0.1) is 11.7 Å². The van der Waals surface area contributed by atoms with Gasteiger partial charge < -0.3 is 24.4 Å². The van der Waals surface area contributed by atoms with Gasteiger partial charge in [-0.25, -0.2) is 14.2 Å². The van der Waals surface area contributed by atoms with Crippen molar-refractivity contribution in [2.75, 3.05) is 11.4 Å². The molecule has 39 heavy (non-hydrogen) atoms. The minimum Gasteiger partial charge on any atom is -0.458 e. The number of piperidine rings is 1. The topological polar surface area (TPSA) is 109 Å². The Kier molecular flexibility index (Phi) is 6.09. The Hall–Kier alpha value is -2.76. The quantitative estimate of drug-likeness (QED) is 0.206. The number of aliphatic hydroxyl groups excluding tert-OH is 1. The van der Waals surface area contributed by atoms with Gasteiger partial charge in [0.15, 0.2) is 23.0 Å². The SMILES string of the molecule is O=C(O[C@H]1C[C@@H]2C[C@H]1CN2c1nc2c(F)cc(C(O)O)cc2s1)c1c(-c2c(Cl)cccc2Cl)noc1C1CC1. The molecular weight excluding hydrogens is 568 g/mol. The second kappa shape index (κ2) is 9.42. The van der Waals surface area contributed by atoms with Crippen LogP contribution >= 0.6 is 34.5 Å². The Morgan fingerprint density at radius 2 is 1.97 bits per heavy atom. The molecule has 202 valence electrons. The van der Waals surface area contributed by atoms with Gasteiger partial charge in [-0.05, 0) is 43.5 Å². The summed E-state index contributed by atoms with van der Waals surface area (Å²) in [5.41, 5.74) is 1.32. The average molecular weight is 590 g/mol. The number of hydrogen-bond donors (Lipinski definition) is 2. The highest BCUT2D eigenvalue weighted by atomic mass is 35.5. The highest BCUT2D eigenvalue weighted by Crippen LogP contribution is 2.48. The minimum absolute atomic E-state index is 0.0851. The lowest BCUT2D eigenvalue weighted by Gasteiger charge is -2.31. The van der Waals surface area contributed by atoms with Crippen LogP contribution in [0.25, 0.3) is 21.5 Å². The third-order valence-corrected chi connectivity index (χ3v) is 9.48. The maximum atomic E-state index is 14.6. The van der Waals surface area contributed by atoms with E-state index in [1.54, 1.807) is 24.3 Å². The van der Waals surface area contributed by atoms with Crippen LogP contribution in [0.2, 0.25) is 10.0 Å². The average Bonchev–Trinajstić information content (AvgIpc) is 3.23. The molecule has 0 unspecified atom stereocenters. The van der Waals surface area contributed by atoms with E-state index in [0.717, 1.165) is 25.3 Å². The summed E-state index contributed by atoms with van der Waals surface area (Å²) in [6, 6.07) is 7.82. The number of fused-ring (bicyclic) bond motifs is 3. The van der Waals surface area contributed by atoms with Gasteiger partial charge in [-0.2, -0.15) is 0 Å². The molecule has 0 radical (unpaired) electrons.